The third kappa shape index (κ3) is 4.44. The minimum Gasteiger partial charge on any atom is -0.437 e. The summed E-state index contributed by atoms with van der Waals surface area (Å²) in [5.74, 6) is 0. The lowest BCUT2D eigenvalue weighted by Crippen LogP contribution is -2.46. The fourth-order valence-corrected chi connectivity index (χ4v) is 4.21. The molecule has 25 heavy (non-hydrogen) atoms. The first kappa shape index (κ1) is 18.4. The van der Waals surface area contributed by atoms with Crippen molar-refractivity contribution in [1.29, 1.82) is 0 Å². The monoisotopic (exact) mass is 377 g/mol. The zero-order valence-corrected chi connectivity index (χ0v) is 14.9. The summed E-state index contributed by atoms with van der Waals surface area (Å²) in [5, 5.41) is 3.06. The van der Waals surface area contributed by atoms with Crippen LogP contribution in [0.4, 0.5) is 18.0 Å². The van der Waals surface area contributed by atoms with E-state index < -0.39 is 18.4 Å². The summed E-state index contributed by atoms with van der Waals surface area (Å²) >= 11 is 1.64. The molecular weight excluding hydrogens is 355 g/mol. The number of halogens is 3. The van der Waals surface area contributed by atoms with E-state index in [1.807, 2.05) is 5.38 Å². The second-order valence-corrected chi connectivity index (χ2v) is 7.92. The molecular formula is C16H22F3N3O2S. The Morgan fingerprint density at radius 2 is 2.04 bits per heavy atom. The van der Waals surface area contributed by atoms with Gasteiger partial charge in [-0.25, -0.2) is 9.78 Å². The topological polar surface area (TPSA) is 45.7 Å². The van der Waals surface area contributed by atoms with Crippen molar-refractivity contribution < 1.29 is 22.7 Å². The Balaban J connectivity index is 1.48. The molecule has 0 aromatic carbocycles. The SMILES string of the molecule is CC(OC(=O)N1CCC2(CCN(Cc3nccs3)C2)CC1)C(F)(F)F. The van der Waals surface area contributed by atoms with E-state index in [0.29, 0.717) is 13.1 Å². The number of nitrogens with zero attached hydrogens (tertiary/aromatic N) is 3. The summed E-state index contributed by atoms with van der Waals surface area (Å²) in [6.45, 7) is 4.55. The molecule has 0 aliphatic carbocycles. The Hall–Kier alpha value is -1.35. The van der Waals surface area contributed by atoms with Gasteiger partial charge in [0.1, 0.15) is 5.01 Å². The number of hydrogen-bond acceptors (Lipinski definition) is 5. The lowest BCUT2D eigenvalue weighted by Gasteiger charge is -2.39. The highest BCUT2D eigenvalue weighted by Gasteiger charge is 2.43. The summed E-state index contributed by atoms with van der Waals surface area (Å²) in [6, 6.07) is 0. The molecule has 1 unspecified atom stereocenters. The highest BCUT2D eigenvalue weighted by Crippen LogP contribution is 2.41. The molecule has 3 rings (SSSR count). The van der Waals surface area contributed by atoms with Crippen molar-refractivity contribution in [1.82, 2.24) is 14.8 Å². The van der Waals surface area contributed by atoms with E-state index in [2.05, 4.69) is 14.6 Å². The number of carbonyl (C=O) groups excluding carboxylic acids is 1. The Kier molecular flexibility index (Phi) is 5.24. The first-order chi connectivity index (χ1) is 11.8. The minimum absolute atomic E-state index is 0.156. The van der Waals surface area contributed by atoms with Gasteiger partial charge in [-0.05, 0) is 38.1 Å². The molecule has 2 aliphatic heterocycles. The Morgan fingerprint density at radius 1 is 1.36 bits per heavy atom. The van der Waals surface area contributed by atoms with E-state index in [1.54, 1.807) is 17.5 Å². The fraction of sp³-hybridized carbons (Fsp3) is 0.750. The van der Waals surface area contributed by atoms with Crippen molar-refractivity contribution in [2.75, 3.05) is 26.2 Å². The molecule has 9 heteroatoms. The van der Waals surface area contributed by atoms with Crippen LogP contribution in [0.25, 0.3) is 0 Å². The Bertz CT molecular complexity index is 586. The van der Waals surface area contributed by atoms with Crippen LogP contribution in [0, 0.1) is 5.41 Å². The van der Waals surface area contributed by atoms with Crippen LogP contribution in [0.2, 0.25) is 0 Å². The summed E-state index contributed by atoms with van der Waals surface area (Å²) in [4.78, 5) is 20.0. The van der Waals surface area contributed by atoms with E-state index in [4.69, 9.17) is 0 Å². The van der Waals surface area contributed by atoms with Crippen molar-refractivity contribution in [3.05, 3.63) is 16.6 Å². The quantitative estimate of drug-likeness (QED) is 0.809. The molecule has 0 saturated carbocycles. The number of piperidine rings is 1. The maximum absolute atomic E-state index is 12.5. The molecule has 0 bridgehead atoms. The molecule has 1 aromatic rings. The number of amides is 1. The van der Waals surface area contributed by atoms with Crippen molar-refractivity contribution in [2.24, 2.45) is 5.41 Å². The number of carbonyl (C=O) groups is 1. The fourth-order valence-electron chi connectivity index (χ4n) is 3.55. The summed E-state index contributed by atoms with van der Waals surface area (Å²) in [6.07, 6.45) is -2.99. The van der Waals surface area contributed by atoms with E-state index in [0.717, 1.165) is 50.8 Å². The van der Waals surface area contributed by atoms with Gasteiger partial charge in [0.05, 0.1) is 6.54 Å². The maximum atomic E-state index is 12.5. The van der Waals surface area contributed by atoms with Crippen LogP contribution in [-0.4, -0.2) is 59.3 Å². The maximum Gasteiger partial charge on any atom is 0.425 e. The van der Waals surface area contributed by atoms with Crippen LogP contribution in [0.3, 0.4) is 0 Å². The van der Waals surface area contributed by atoms with Crippen molar-refractivity contribution in [3.63, 3.8) is 0 Å². The van der Waals surface area contributed by atoms with Gasteiger partial charge in [-0.15, -0.1) is 11.3 Å². The smallest absolute Gasteiger partial charge is 0.425 e. The van der Waals surface area contributed by atoms with E-state index in [9.17, 15) is 18.0 Å². The zero-order chi connectivity index (χ0) is 18.1. The predicted octanol–water partition coefficient (Wildman–Crippen LogP) is 3.52. The lowest BCUT2D eigenvalue weighted by atomic mass is 9.78. The van der Waals surface area contributed by atoms with E-state index in [-0.39, 0.29) is 5.41 Å². The molecule has 5 nitrogen and oxygen atoms in total. The Morgan fingerprint density at radius 3 is 2.64 bits per heavy atom. The summed E-state index contributed by atoms with van der Waals surface area (Å²) < 4.78 is 42.1. The van der Waals surface area contributed by atoms with Crippen LogP contribution in [0.15, 0.2) is 11.6 Å². The second-order valence-electron chi connectivity index (χ2n) is 6.94. The zero-order valence-electron chi connectivity index (χ0n) is 14.1. The molecule has 3 heterocycles. The normalized spacial score (nSPS) is 22.3. The third-order valence-electron chi connectivity index (χ3n) is 5.18. The molecule has 0 N–H and O–H groups in total. The van der Waals surface area contributed by atoms with Gasteiger partial charge in [-0.2, -0.15) is 13.2 Å². The Labute approximate surface area is 148 Å². The number of rotatable bonds is 3. The van der Waals surface area contributed by atoms with Crippen molar-refractivity contribution in [3.8, 4) is 0 Å². The van der Waals surface area contributed by atoms with Gasteiger partial charge in [-0.1, -0.05) is 0 Å². The average Bonchev–Trinajstić information content (AvgIpc) is 3.18. The van der Waals surface area contributed by atoms with E-state index >= 15 is 0 Å². The largest absolute Gasteiger partial charge is 0.437 e. The van der Waals surface area contributed by atoms with Crippen LogP contribution in [-0.2, 0) is 11.3 Å². The van der Waals surface area contributed by atoms with Gasteiger partial charge in [0.15, 0.2) is 6.10 Å². The van der Waals surface area contributed by atoms with Crippen LogP contribution in [0.1, 0.15) is 31.2 Å². The van der Waals surface area contributed by atoms with Gasteiger partial charge in [0.2, 0.25) is 0 Å². The first-order valence-electron chi connectivity index (χ1n) is 8.40. The molecule has 2 saturated heterocycles. The number of alkyl halides is 3. The summed E-state index contributed by atoms with van der Waals surface area (Å²) in [7, 11) is 0. The number of aromatic nitrogens is 1. The molecule has 140 valence electrons. The third-order valence-corrected chi connectivity index (χ3v) is 5.94. The van der Waals surface area contributed by atoms with E-state index in [1.165, 1.54) is 4.90 Å². The lowest BCUT2D eigenvalue weighted by molar-refractivity contribution is -0.200. The number of thiazole rings is 1. The number of hydrogen-bond donors (Lipinski definition) is 0. The van der Waals surface area contributed by atoms with Gasteiger partial charge in [0, 0.05) is 31.2 Å². The average molecular weight is 377 g/mol. The molecule has 0 radical (unpaired) electrons. The summed E-state index contributed by atoms with van der Waals surface area (Å²) in [5.41, 5.74) is 0.156. The first-order valence-corrected chi connectivity index (χ1v) is 9.28. The van der Waals surface area contributed by atoms with Crippen molar-refractivity contribution >= 4 is 17.4 Å². The van der Waals surface area contributed by atoms with Gasteiger partial charge < -0.3 is 9.64 Å². The molecule has 2 aliphatic rings. The molecule has 1 spiro atoms. The van der Waals surface area contributed by atoms with Gasteiger partial charge >= 0.3 is 12.3 Å². The number of likely N-dealkylation sites (tertiary alicyclic amines) is 2. The standard InChI is InChI=1S/C16H22F3N3O2S/c1-12(16(17,18)19)24-14(23)22-7-3-15(4-8-22)2-6-21(11-15)10-13-20-5-9-25-13/h5,9,12H,2-4,6-8,10-11H2,1H3. The molecule has 1 atom stereocenters. The van der Waals surface area contributed by atoms with Crippen LogP contribution in [0.5, 0.6) is 0 Å². The van der Waals surface area contributed by atoms with Gasteiger partial charge in [0.25, 0.3) is 0 Å². The highest BCUT2D eigenvalue weighted by atomic mass is 32.1. The van der Waals surface area contributed by atoms with Crippen LogP contribution >= 0.6 is 11.3 Å². The molecule has 1 amide bonds. The van der Waals surface area contributed by atoms with Gasteiger partial charge in [-0.3, -0.25) is 4.90 Å². The molecule has 2 fully saturated rings. The minimum atomic E-state index is -4.52. The highest BCUT2D eigenvalue weighted by molar-refractivity contribution is 7.09. The van der Waals surface area contributed by atoms with Crippen molar-refractivity contribution in [2.45, 2.75) is 45.0 Å². The number of ether oxygens (including phenoxy) is 1. The second kappa shape index (κ2) is 7.11. The molecule has 1 aromatic heterocycles. The predicted molar refractivity (Wildman–Crippen MR) is 87.2 cm³/mol. The van der Waals surface area contributed by atoms with Crippen LogP contribution < -0.4 is 0 Å².